The van der Waals surface area contributed by atoms with Crippen molar-refractivity contribution in [2.24, 2.45) is 0 Å². The monoisotopic (exact) mass is 392 g/mol. The van der Waals surface area contributed by atoms with Crippen molar-refractivity contribution >= 4 is 27.3 Å². The molecule has 5 nitrogen and oxygen atoms in total. The quantitative estimate of drug-likeness (QED) is 0.821. The lowest BCUT2D eigenvalue weighted by atomic mass is 9.97. The molecule has 1 aromatic heterocycles. The van der Waals surface area contributed by atoms with Gasteiger partial charge in [-0.05, 0) is 61.0 Å². The van der Waals surface area contributed by atoms with E-state index in [9.17, 15) is 13.2 Å². The number of nitrogens with one attached hydrogen (secondary N) is 1. The number of benzene rings is 1. The summed E-state index contributed by atoms with van der Waals surface area (Å²) >= 11 is 1.78. The molecule has 3 rings (SSSR count). The fraction of sp³-hybridized carbons (Fsp3) is 0.421. The maximum Gasteiger partial charge on any atom is 0.240 e. The Labute approximate surface area is 159 Å². The number of thiophene rings is 1. The molecule has 2 heterocycles. The first-order chi connectivity index (χ1) is 12.5. The predicted molar refractivity (Wildman–Crippen MR) is 104 cm³/mol. The van der Waals surface area contributed by atoms with Crippen molar-refractivity contribution in [3.63, 3.8) is 0 Å². The highest BCUT2D eigenvalue weighted by Crippen LogP contribution is 2.35. The molecule has 1 aromatic carbocycles. The van der Waals surface area contributed by atoms with E-state index < -0.39 is 10.0 Å². The van der Waals surface area contributed by atoms with Crippen LogP contribution in [0, 0.1) is 0 Å². The Bertz CT molecular complexity index is 872. The number of carbonyl (C=O) groups excluding carboxylic acids is 1. The average Bonchev–Trinajstić information content (AvgIpc) is 3.14. The van der Waals surface area contributed by atoms with Gasteiger partial charge in [-0.25, -0.2) is 13.1 Å². The minimum atomic E-state index is -3.42. The summed E-state index contributed by atoms with van der Waals surface area (Å²) < 4.78 is 25.8. The Hall–Kier alpha value is -1.70. The number of fused-ring (bicyclic) bond motifs is 1. The Morgan fingerprint density at radius 1 is 1.27 bits per heavy atom. The third kappa shape index (κ3) is 3.84. The first-order valence-corrected chi connectivity index (χ1v) is 11.2. The minimum Gasteiger partial charge on any atom is -0.335 e. The first-order valence-electron chi connectivity index (χ1n) is 8.84. The summed E-state index contributed by atoms with van der Waals surface area (Å²) in [6.07, 6.45) is 2.91. The van der Waals surface area contributed by atoms with E-state index in [-0.39, 0.29) is 16.8 Å². The Morgan fingerprint density at radius 3 is 2.65 bits per heavy atom. The Balaban J connectivity index is 1.64. The number of carbonyl (C=O) groups is 1. The van der Waals surface area contributed by atoms with Crippen LogP contribution < -0.4 is 4.72 Å². The summed E-state index contributed by atoms with van der Waals surface area (Å²) in [7, 11) is -2.03. The highest BCUT2D eigenvalue weighted by atomic mass is 32.2. The van der Waals surface area contributed by atoms with Crippen molar-refractivity contribution in [3.8, 4) is 0 Å². The van der Waals surface area contributed by atoms with Crippen LogP contribution in [0.5, 0.6) is 0 Å². The molecule has 0 bridgehead atoms. The number of nitrogens with zero attached hydrogens (tertiary/aromatic N) is 1. The van der Waals surface area contributed by atoms with Crippen molar-refractivity contribution in [2.75, 3.05) is 13.6 Å². The molecule has 7 heteroatoms. The van der Waals surface area contributed by atoms with E-state index in [4.69, 9.17) is 0 Å². The lowest BCUT2D eigenvalue weighted by molar-refractivity contribution is -0.134. The van der Waals surface area contributed by atoms with Crippen molar-refractivity contribution in [1.29, 1.82) is 0 Å². The molecule has 0 spiro atoms. The van der Waals surface area contributed by atoms with Gasteiger partial charge in [0.1, 0.15) is 0 Å². The lowest BCUT2D eigenvalue weighted by Crippen LogP contribution is -2.39. The molecule has 0 saturated carbocycles. The van der Waals surface area contributed by atoms with Gasteiger partial charge in [0.25, 0.3) is 0 Å². The highest BCUT2D eigenvalue weighted by Gasteiger charge is 2.29. The van der Waals surface area contributed by atoms with Gasteiger partial charge >= 0.3 is 0 Å². The molecular weight excluding hydrogens is 368 g/mol. The van der Waals surface area contributed by atoms with Gasteiger partial charge in [0.2, 0.25) is 15.9 Å². The molecule has 2 aromatic rings. The van der Waals surface area contributed by atoms with Crippen LogP contribution in [0.15, 0.2) is 40.6 Å². The predicted octanol–water partition coefficient (Wildman–Crippen LogP) is 3.12. The van der Waals surface area contributed by atoms with Gasteiger partial charge in [-0.15, -0.1) is 11.3 Å². The minimum absolute atomic E-state index is 0.167. The molecule has 0 unspecified atom stereocenters. The van der Waals surface area contributed by atoms with Gasteiger partial charge < -0.3 is 4.90 Å². The summed E-state index contributed by atoms with van der Waals surface area (Å²) in [4.78, 5) is 16.4. The molecule has 0 saturated heterocycles. The molecule has 1 amide bonds. The molecule has 140 valence electrons. The average molecular weight is 393 g/mol. The van der Waals surface area contributed by atoms with Gasteiger partial charge in [0.15, 0.2) is 0 Å². The van der Waals surface area contributed by atoms with Crippen LogP contribution >= 0.6 is 11.3 Å². The summed E-state index contributed by atoms with van der Waals surface area (Å²) in [6.45, 7) is 2.91. The fourth-order valence-corrected chi connectivity index (χ4v) is 5.14. The molecule has 26 heavy (non-hydrogen) atoms. The third-order valence-corrected chi connectivity index (χ3v) is 7.36. The number of aryl methyl sites for hydroxylation is 1. The summed E-state index contributed by atoms with van der Waals surface area (Å²) in [6, 6.07) is 9.05. The van der Waals surface area contributed by atoms with E-state index in [0.29, 0.717) is 12.8 Å². The van der Waals surface area contributed by atoms with Crippen LogP contribution in [0.3, 0.4) is 0 Å². The summed E-state index contributed by atoms with van der Waals surface area (Å²) in [5.74, 6) is 0.167. The molecule has 0 aliphatic carbocycles. The molecule has 1 aliphatic heterocycles. The van der Waals surface area contributed by atoms with E-state index in [2.05, 4.69) is 23.1 Å². The van der Waals surface area contributed by atoms with Gasteiger partial charge in [-0.2, -0.15) is 0 Å². The van der Waals surface area contributed by atoms with Crippen molar-refractivity contribution in [1.82, 2.24) is 9.62 Å². The Kier molecular flexibility index (Phi) is 5.79. The van der Waals surface area contributed by atoms with Crippen molar-refractivity contribution < 1.29 is 13.2 Å². The second kappa shape index (κ2) is 7.90. The van der Waals surface area contributed by atoms with Crippen molar-refractivity contribution in [3.05, 3.63) is 51.7 Å². The van der Waals surface area contributed by atoms with Gasteiger partial charge in [-0.3, -0.25) is 4.79 Å². The third-order valence-electron chi connectivity index (χ3n) is 4.93. The number of rotatable bonds is 6. The zero-order valence-electron chi connectivity index (χ0n) is 15.1. The number of hydrogen-bond acceptors (Lipinski definition) is 4. The van der Waals surface area contributed by atoms with E-state index in [0.717, 1.165) is 24.9 Å². The zero-order valence-corrected chi connectivity index (χ0v) is 16.7. The molecule has 0 radical (unpaired) electrons. The van der Waals surface area contributed by atoms with Crippen LogP contribution in [-0.2, 0) is 27.7 Å². The first kappa shape index (κ1) is 19.1. The van der Waals surface area contributed by atoms with E-state index in [1.807, 2.05) is 4.90 Å². The fourth-order valence-electron chi connectivity index (χ4n) is 3.48. The van der Waals surface area contributed by atoms with Gasteiger partial charge in [0.05, 0.1) is 10.9 Å². The van der Waals surface area contributed by atoms with Gasteiger partial charge in [-0.1, -0.05) is 19.1 Å². The normalized spacial score (nSPS) is 17.2. The largest absolute Gasteiger partial charge is 0.335 e. The van der Waals surface area contributed by atoms with E-state index in [1.54, 1.807) is 35.6 Å². The van der Waals surface area contributed by atoms with E-state index in [1.165, 1.54) is 17.5 Å². The maximum absolute atomic E-state index is 12.8. The van der Waals surface area contributed by atoms with Crippen LogP contribution in [0.2, 0.25) is 0 Å². The smallest absolute Gasteiger partial charge is 0.240 e. The summed E-state index contributed by atoms with van der Waals surface area (Å²) in [5.41, 5.74) is 2.27. The molecule has 0 fully saturated rings. The number of amides is 1. The lowest BCUT2D eigenvalue weighted by Gasteiger charge is -2.35. The number of hydrogen-bond donors (Lipinski definition) is 1. The zero-order chi connectivity index (χ0) is 18.7. The van der Waals surface area contributed by atoms with E-state index >= 15 is 0 Å². The van der Waals surface area contributed by atoms with Crippen LogP contribution in [-0.4, -0.2) is 32.8 Å². The van der Waals surface area contributed by atoms with Crippen LogP contribution in [0.25, 0.3) is 0 Å². The second-order valence-electron chi connectivity index (χ2n) is 6.41. The topological polar surface area (TPSA) is 66.5 Å². The second-order valence-corrected chi connectivity index (χ2v) is 9.30. The standard InChI is InChI=1S/C19H24N2O3S2/c1-3-17-16-11-13-25-18(16)10-12-21(17)19(22)9-6-14-4-7-15(8-5-14)26(23,24)20-2/h4-5,7-8,11,13,17,20H,3,6,9-10,12H2,1-2H3/t17-/m1/s1. The maximum atomic E-state index is 12.8. The highest BCUT2D eigenvalue weighted by molar-refractivity contribution is 7.89. The van der Waals surface area contributed by atoms with Crippen LogP contribution in [0.4, 0.5) is 0 Å². The molecule has 1 aliphatic rings. The summed E-state index contributed by atoms with van der Waals surface area (Å²) in [5, 5.41) is 2.11. The van der Waals surface area contributed by atoms with Gasteiger partial charge in [0, 0.05) is 17.8 Å². The molecular formula is C19H24N2O3S2. The molecule has 1 N–H and O–H groups in total. The molecule has 1 atom stereocenters. The van der Waals surface area contributed by atoms with Crippen molar-refractivity contribution in [2.45, 2.75) is 43.5 Å². The SMILES string of the molecule is CC[C@@H]1c2ccsc2CCN1C(=O)CCc1ccc(S(=O)(=O)NC)cc1. The van der Waals surface area contributed by atoms with Crippen LogP contribution in [0.1, 0.15) is 41.8 Å². The number of sulfonamides is 1. The Morgan fingerprint density at radius 2 is 2.00 bits per heavy atom.